The summed E-state index contributed by atoms with van der Waals surface area (Å²) in [6.45, 7) is 3.11. The van der Waals surface area contributed by atoms with Gasteiger partial charge in [-0.1, -0.05) is 60.7 Å². The van der Waals surface area contributed by atoms with Gasteiger partial charge in [-0.2, -0.15) is 0 Å². The van der Waals surface area contributed by atoms with Gasteiger partial charge in [0, 0.05) is 74.5 Å². The molecule has 3 aliphatic rings. The van der Waals surface area contributed by atoms with Crippen molar-refractivity contribution < 1.29 is 38.9 Å². The lowest BCUT2D eigenvalue weighted by atomic mass is 9.82. The van der Waals surface area contributed by atoms with E-state index in [9.17, 15) is 34.2 Å². The van der Waals surface area contributed by atoms with Crippen molar-refractivity contribution in [2.45, 2.75) is 95.2 Å². The molecule has 0 spiro atoms. The van der Waals surface area contributed by atoms with Gasteiger partial charge in [-0.15, -0.1) is 0 Å². The summed E-state index contributed by atoms with van der Waals surface area (Å²) in [6, 6.07) is 22.0. The van der Waals surface area contributed by atoms with Gasteiger partial charge in [-0.25, -0.2) is 4.79 Å². The molecule has 1 aromatic heterocycles. The van der Waals surface area contributed by atoms with Crippen LogP contribution in [-0.4, -0.2) is 75.6 Å². The average Bonchev–Trinajstić information content (AvgIpc) is 3.23. The SMILES string of the molecule is COc1ccc(C(CC(=O)NC(Cc2ccccc2)C(=O)N2CC3CC(C2)c2cccc(=O)n2C3)c2c(O)cc3c(c2O)C(=O)OC(C)CCCC(=O)CCCC=C3)cc1. The second kappa shape index (κ2) is 18.8. The van der Waals surface area contributed by atoms with E-state index in [0.29, 0.717) is 69.5 Å². The van der Waals surface area contributed by atoms with Crippen LogP contribution in [-0.2, 0) is 32.1 Å². The molecule has 1 fully saturated rings. The van der Waals surface area contributed by atoms with Gasteiger partial charge in [0.1, 0.15) is 34.6 Å². The first kappa shape index (κ1) is 42.0. The highest BCUT2D eigenvalue weighted by atomic mass is 16.5. The first-order chi connectivity index (χ1) is 29.0. The van der Waals surface area contributed by atoms with E-state index in [1.807, 2.05) is 41.0 Å². The third-order valence-corrected chi connectivity index (χ3v) is 12.0. The first-order valence-electron chi connectivity index (χ1n) is 20.9. The number of fused-ring (bicyclic) bond motifs is 5. The number of phenolic OH excluding ortho intramolecular Hbond substituents is 2. The first-order valence-corrected chi connectivity index (χ1v) is 20.9. The number of allylic oxidation sites excluding steroid dienone is 1. The fraction of sp³-hybridized carbons (Fsp3) is 0.396. The van der Waals surface area contributed by atoms with Crippen molar-refractivity contribution in [2.24, 2.45) is 5.92 Å². The van der Waals surface area contributed by atoms with Crippen LogP contribution in [0.1, 0.15) is 108 Å². The summed E-state index contributed by atoms with van der Waals surface area (Å²) in [5, 5.41) is 26.8. The van der Waals surface area contributed by atoms with Gasteiger partial charge in [0.15, 0.2) is 0 Å². The van der Waals surface area contributed by atoms with Crippen LogP contribution >= 0.6 is 0 Å². The molecule has 2 amide bonds. The lowest BCUT2D eigenvalue weighted by Crippen LogP contribution is -2.55. The number of Topliss-reactive ketones (excluding diaryl/α,β-unsaturated/α-hetero) is 1. The number of cyclic esters (lactones) is 1. The van der Waals surface area contributed by atoms with Crippen LogP contribution in [0.15, 0.2) is 89.7 Å². The number of rotatable bonds is 9. The van der Waals surface area contributed by atoms with Gasteiger partial charge in [0.2, 0.25) is 11.8 Å². The molecule has 12 heteroatoms. The van der Waals surface area contributed by atoms with Crippen molar-refractivity contribution in [1.29, 1.82) is 0 Å². The number of likely N-dealkylation sites (tertiary alicyclic amines) is 1. The number of esters is 1. The Bertz CT molecular complexity index is 2300. The van der Waals surface area contributed by atoms with Crippen molar-refractivity contribution in [2.75, 3.05) is 20.2 Å². The third kappa shape index (κ3) is 9.65. The van der Waals surface area contributed by atoms with Gasteiger partial charge in [0.05, 0.1) is 13.2 Å². The smallest absolute Gasteiger partial charge is 0.342 e. The summed E-state index contributed by atoms with van der Waals surface area (Å²) >= 11 is 0. The van der Waals surface area contributed by atoms with Crippen molar-refractivity contribution in [3.05, 3.63) is 129 Å². The van der Waals surface area contributed by atoms with Crippen LogP contribution in [0.25, 0.3) is 6.08 Å². The number of aromatic nitrogens is 1. The monoisotopic (exact) mass is 815 g/mol. The summed E-state index contributed by atoms with van der Waals surface area (Å²) < 4.78 is 13.0. The molecule has 12 nitrogen and oxygen atoms in total. The normalized spacial score (nSPS) is 20.4. The second-order valence-electron chi connectivity index (χ2n) is 16.3. The topological polar surface area (TPSA) is 164 Å². The van der Waals surface area contributed by atoms with Crippen LogP contribution in [0.5, 0.6) is 17.2 Å². The number of carbonyl (C=O) groups is 4. The number of aromatic hydroxyl groups is 2. The number of hydrogen-bond donors (Lipinski definition) is 3. The largest absolute Gasteiger partial charge is 0.507 e. The molecule has 0 radical (unpaired) electrons. The number of phenols is 2. The number of benzene rings is 3. The van der Waals surface area contributed by atoms with Crippen molar-refractivity contribution >= 4 is 29.6 Å². The molecule has 0 aliphatic carbocycles. The van der Waals surface area contributed by atoms with E-state index in [0.717, 1.165) is 17.7 Å². The number of amides is 2. The number of nitrogens with zero attached hydrogens (tertiary/aromatic N) is 2. The van der Waals surface area contributed by atoms with Crippen molar-refractivity contribution in [3.63, 3.8) is 0 Å². The van der Waals surface area contributed by atoms with Gasteiger partial charge >= 0.3 is 5.97 Å². The molecule has 3 aromatic carbocycles. The number of ketones is 1. The molecule has 0 saturated carbocycles. The zero-order chi connectivity index (χ0) is 42.3. The van der Waals surface area contributed by atoms with E-state index < -0.39 is 35.7 Å². The van der Waals surface area contributed by atoms with E-state index in [-0.39, 0.29) is 64.4 Å². The second-order valence-corrected chi connectivity index (χ2v) is 16.3. The van der Waals surface area contributed by atoms with E-state index in [2.05, 4.69) is 5.32 Å². The summed E-state index contributed by atoms with van der Waals surface area (Å²) in [5.41, 5.74) is 2.31. The third-order valence-electron chi connectivity index (χ3n) is 12.0. The molecule has 4 aromatic rings. The molecule has 3 aliphatic heterocycles. The predicted molar refractivity (Wildman–Crippen MR) is 226 cm³/mol. The Morgan fingerprint density at radius 1 is 0.933 bits per heavy atom. The predicted octanol–water partition coefficient (Wildman–Crippen LogP) is 6.65. The van der Waals surface area contributed by atoms with E-state index >= 15 is 0 Å². The molecule has 5 unspecified atom stereocenters. The fourth-order valence-electron chi connectivity index (χ4n) is 9.03. The lowest BCUT2D eigenvalue weighted by molar-refractivity contribution is -0.138. The highest BCUT2D eigenvalue weighted by Gasteiger charge is 2.39. The van der Waals surface area contributed by atoms with Gasteiger partial charge < -0.3 is 34.5 Å². The Balaban J connectivity index is 1.21. The van der Waals surface area contributed by atoms with Crippen LogP contribution in [0, 0.1) is 5.92 Å². The Kier molecular flexibility index (Phi) is 13.2. The number of piperidine rings is 1. The number of carbonyl (C=O) groups excluding carboxylic acids is 4. The Morgan fingerprint density at radius 2 is 1.70 bits per heavy atom. The Morgan fingerprint density at radius 3 is 2.47 bits per heavy atom. The summed E-state index contributed by atoms with van der Waals surface area (Å²) in [7, 11) is 1.53. The summed E-state index contributed by atoms with van der Waals surface area (Å²) in [5.74, 6) is -2.60. The highest BCUT2D eigenvalue weighted by Crippen LogP contribution is 2.44. The Hall–Kier alpha value is -6.17. The molecule has 7 rings (SSSR count). The standard InChI is InChI=1S/C48H53N3O9/c1-30-11-9-16-36(52)15-8-4-7-14-34-25-41(53)45(46(56)44(34)48(58)60-30)38(33-19-21-37(59-2)22-20-33)26-42(54)49-39(24-31-12-5-3-6-13-31)47(57)50-27-32-23-35(29-50)40-17-10-18-43(55)51(40)28-32/h3,5-7,10,12-14,17-22,25,30,32,35,38-39,53,56H,4,8-9,11,15-16,23-24,26-29H2,1-2H3,(H,49,54). The van der Waals surface area contributed by atoms with Gasteiger partial charge in [0.25, 0.3) is 5.56 Å². The average molecular weight is 816 g/mol. The molecule has 2 bridgehead atoms. The Labute approximate surface area is 349 Å². The number of ether oxygens (including phenoxy) is 2. The quantitative estimate of drug-likeness (QED) is 0.157. The van der Waals surface area contributed by atoms with E-state index in [1.54, 1.807) is 60.4 Å². The maximum atomic E-state index is 14.6. The van der Waals surface area contributed by atoms with Crippen LogP contribution in [0.2, 0.25) is 0 Å². The minimum atomic E-state index is -0.980. The van der Waals surface area contributed by atoms with Crippen LogP contribution < -0.4 is 15.6 Å². The van der Waals surface area contributed by atoms with Crippen molar-refractivity contribution in [3.8, 4) is 17.2 Å². The van der Waals surface area contributed by atoms with Crippen LogP contribution in [0.3, 0.4) is 0 Å². The molecule has 314 valence electrons. The summed E-state index contributed by atoms with van der Waals surface area (Å²) in [4.78, 5) is 69.7. The van der Waals surface area contributed by atoms with Crippen LogP contribution in [0.4, 0.5) is 0 Å². The minimum Gasteiger partial charge on any atom is -0.507 e. The zero-order valence-corrected chi connectivity index (χ0v) is 34.2. The highest BCUT2D eigenvalue weighted by molar-refractivity contribution is 5.98. The minimum absolute atomic E-state index is 0.0171. The molecule has 60 heavy (non-hydrogen) atoms. The lowest BCUT2D eigenvalue weighted by Gasteiger charge is -2.43. The number of pyridine rings is 1. The molecule has 1 saturated heterocycles. The van der Waals surface area contributed by atoms with Crippen molar-refractivity contribution in [1.82, 2.24) is 14.8 Å². The number of nitrogens with one attached hydrogen (secondary N) is 1. The molecule has 4 heterocycles. The van der Waals surface area contributed by atoms with Gasteiger partial charge in [-0.05, 0) is 85.9 Å². The molecule has 5 atom stereocenters. The number of methoxy groups -OCH3 is 1. The van der Waals surface area contributed by atoms with E-state index in [4.69, 9.17) is 9.47 Å². The zero-order valence-electron chi connectivity index (χ0n) is 34.2. The molecule has 3 N–H and O–H groups in total. The molecular weight excluding hydrogens is 763 g/mol. The maximum Gasteiger partial charge on any atom is 0.342 e. The van der Waals surface area contributed by atoms with E-state index in [1.165, 1.54) is 13.2 Å². The maximum absolute atomic E-state index is 14.6. The summed E-state index contributed by atoms with van der Waals surface area (Å²) in [6.07, 6.45) is 6.65. The van der Waals surface area contributed by atoms with Gasteiger partial charge in [-0.3, -0.25) is 19.2 Å². The molecular formula is C48H53N3O9. The fourth-order valence-corrected chi connectivity index (χ4v) is 9.03. The number of hydrogen-bond acceptors (Lipinski definition) is 9.